The van der Waals surface area contributed by atoms with Crippen molar-refractivity contribution in [3.8, 4) is 17.0 Å². The highest BCUT2D eigenvalue weighted by Crippen LogP contribution is 2.39. The van der Waals surface area contributed by atoms with Gasteiger partial charge in [0.05, 0.1) is 29.6 Å². The van der Waals surface area contributed by atoms with Crippen LogP contribution in [0.4, 0.5) is 20.2 Å². The Morgan fingerprint density at radius 3 is 2.61 bits per heavy atom. The van der Waals surface area contributed by atoms with Gasteiger partial charge >= 0.3 is 0 Å². The first-order valence-corrected chi connectivity index (χ1v) is 13.2. The van der Waals surface area contributed by atoms with Crippen LogP contribution in [0.3, 0.4) is 0 Å². The second-order valence-electron chi connectivity index (χ2n) is 10.4. The predicted molar refractivity (Wildman–Crippen MR) is 146 cm³/mol. The Morgan fingerprint density at radius 1 is 1.00 bits per heavy atom. The minimum Gasteiger partial charge on any atom is -0.486 e. The summed E-state index contributed by atoms with van der Waals surface area (Å²) in [7, 11) is 2.15. The van der Waals surface area contributed by atoms with Crippen LogP contribution in [-0.4, -0.2) is 72.3 Å². The molecule has 4 heterocycles. The summed E-state index contributed by atoms with van der Waals surface area (Å²) in [5, 5.41) is 1.10. The second kappa shape index (κ2) is 9.87. The lowest BCUT2D eigenvalue weighted by molar-refractivity contribution is 0.287. The largest absolute Gasteiger partial charge is 0.486 e. The molecular formula is C29H32F2N6O. The van der Waals surface area contributed by atoms with Gasteiger partial charge in [0.1, 0.15) is 18.1 Å². The van der Waals surface area contributed by atoms with Gasteiger partial charge in [0.15, 0.2) is 17.4 Å². The Hall–Kier alpha value is -3.72. The number of piperazine rings is 1. The molecule has 1 N–H and O–H groups in total. The normalized spacial score (nSPS) is 16.3. The average Bonchev–Trinajstić information content (AvgIpc) is 3.41. The number of anilines is 2. The molecule has 0 radical (unpaired) electrons. The zero-order valence-corrected chi connectivity index (χ0v) is 22.0. The highest BCUT2D eigenvalue weighted by molar-refractivity contribution is 5.94. The molecule has 2 aliphatic rings. The van der Waals surface area contributed by atoms with Crippen molar-refractivity contribution in [3.05, 3.63) is 65.7 Å². The van der Waals surface area contributed by atoms with E-state index >= 15 is 4.39 Å². The monoisotopic (exact) mass is 518 g/mol. The van der Waals surface area contributed by atoms with Gasteiger partial charge in [-0.05, 0) is 50.7 Å². The van der Waals surface area contributed by atoms with Crippen molar-refractivity contribution in [1.29, 1.82) is 0 Å². The van der Waals surface area contributed by atoms with Crippen molar-refractivity contribution in [3.63, 3.8) is 0 Å². The number of ether oxygens (including phenoxy) is 1. The van der Waals surface area contributed by atoms with E-state index in [0.717, 1.165) is 42.6 Å². The summed E-state index contributed by atoms with van der Waals surface area (Å²) in [5.41, 5.74) is 4.40. The number of H-pyrrole nitrogens is 1. The number of fused-ring (bicyclic) bond motifs is 2. The number of halogens is 2. The molecule has 2 aromatic heterocycles. The summed E-state index contributed by atoms with van der Waals surface area (Å²) in [4.78, 5) is 19.1. The van der Waals surface area contributed by atoms with Gasteiger partial charge in [0.25, 0.3) is 0 Å². The molecule has 0 bridgehead atoms. The third-order valence-corrected chi connectivity index (χ3v) is 7.59. The Morgan fingerprint density at radius 2 is 1.82 bits per heavy atom. The molecule has 2 aromatic carbocycles. The Kier molecular flexibility index (Phi) is 6.39. The number of benzene rings is 2. The molecule has 7 nitrogen and oxygen atoms in total. The number of nitrogens with one attached hydrogen (secondary N) is 1. The minimum atomic E-state index is -0.585. The van der Waals surface area contributed by atoms with Crippen molar-refractivity contribution >= 4 is 22.3 Å². The number of rotatable bonds is 5. The highest BCUT2D eigenvalue weighted by Gasteiger charge is 2.26. The van der Waals surface area contributed by atoms with Crippen molar-refractivity contribution < 1.29 is 13.5 Å². The van der Waals surface area contributed by atoms with Gasteiger partial charge in [-0.1, -0.05) is 6.07 Å². The number of nitrogens with zero attached hydrogens (tertiary/aromatic N) is 5. The number of hydrogen-bond acceptors (Lipinski definition) is 6. The van der Waals surface area contributed by atoms with Gasteiger partial charge in [0, 0.05) is 55.8 Å². The van der Waals surface area contributed by atoms with Gasteiger partial charge < -0.3 is 24.4 Å². The lowest BCUT2D eigenvalue weighted by Crippen LogP contribution is -2.44. The minimum absolute atomic E-state index is 0.0883. The smallest absolute Gasteiger partial charge is 0.178 e. The van der Waals surface area contributed by atoms with Crippen LogP contribution in [0.15, 0.2) is 42.7 Å². The van der Waals surface area contributed by atoms with E-state index in [4.69, 9.17) is 4.74 Å². The van der Waals surface area contributed by atoms with Crippen LogP contribution in [0.5, 0.6) is 5.75 Å². The van der Waals surface area contributed by atoms with E-state index in [9.17, 15) is 4.39 Å². The number of aromatic nitrogens is 3. The standard InChI is InChI=1S/C29H32F2N6O/c1-18(2)37-12-13-38-29-22(30)14-20(15-25(29)37)27-23(31)17-33-26(34-27)16-19-4-5-24(28-21(19)6-7-32-28)36-10-8-35(3)9-11-36/h4-7,14-15,17-18,32H,8-13,16H2,1-3H3. The molecule has 198 valence electrons. The van der Waals surface area contributed by atoms with Crippen LogP contribution in [0.2, 0.25) is 0 Å². The van der Waals surface area contributed by atoms with Crippen LogP contribution in [0, 0.1) is 11.6 Å². The Balaban J connectivity index is 1.33. The Bertz CT molecular complexity index is 1480. The molecule has 6 rings (SSSR count). The fourth-order valence-corrected chi connectivity index (χ4v) is 5.50. The maximum absolute atomic E-state index is 15.1. The van der Waals surface area contributed by atoms with E-state index in [-0.39, 0.29) is 17.5 Å². The van der Waals surface area contributed by atoms with E-state index in [1.807, 2.05) is 20.0 Å². The molecule has 9 heteroatoms. The van der Waals surface area contributed by atoms with Crippen LogP contribution < -0.4 is 14.5 Å². The number of likely N-dealkylation sites (N-methyl/N-ethyl adjacent to an activating group) is 1. The molecule has 0 saturated carbocycles. The average molecular weight is 519 g/mol. The molecule has 1 saturated heterocycles. The number of hydrogen-bond donors (Lipinski definition) is 1. The van der Waals surface area contributed by atoms with E-state index in [0.29, 0.717) is 36.6 Å². The quantitative estimate of drug-likeness (QED) is 0.408. The molecule has 0 atom stereocenters. The molecule has 0 amide bonds. The lowest BCUT2D eigenvalue weighted by atomic mass is 10.0. The van der Waals surface area contributed by atoms with Gasteiger partial charge in [-0.3, -0.25) is 0 Å². The van der Waals surface area contributed by atoms with Crippen molar-refractivity contribution in [1.82, 2.24) is 19.9 Å². The maximum atomic E-state index is 15.1. The summed E-state index contributed by atoms with van der Waals surface area (Å²) in [5.74, 6) is -0.418. The highest BCUT2D eigenvalue weighted by atomic mass is 19.1. The van der Waals surface area contributed by atoms with Crippen molar-refractivity contribution in [2.75, 3.05) is 56.2 Å². The van der Waals surface area contributed by atoms with E-state index in [1.165, 1.54) is 18.0 Å². The molecular weight excluding hydrogens is 486 g/mol. The van der Waals surface area contributed by atoms with Gasteiger partial charge in [-0.25, -0.2) is 18.7 Å². The first-order chi connectivity index (χ1) is 18.4. The fourth-order valence-electron chi connectivity index (χ4n) is 5.50. The zero-order chi connectivity index (χ0) is 26.4. The number of aromatic amines is 1. The first kappa shape index (κ1) is 24.6. The molecule has 2 aliphatic heterocycles. The van der Waals surface area contributed by atoms with Crippen molar-refractivity contribution in [2.24, 2.45) is 0 Å². The topological polar surface area (TPSA) is 60.5 Å². The summed E-state index contributed by atoms with van der Waals surface area (Å²) in [6.45, 7) is 9.15. The summed E-state index contributed by atoms with van der Waals surface area (Å²) < 4.78 is 35.7. The molecule has 1 fully saturated rings. The van der Waals surface area contributed by atoms with E-state index in [2.05, 4.69) is 54.9 Å². The lowest BCUT2D eigenvalue weighted by Gasteiger charge is -2.34. The van der Waals surface area contributed by atoms with Crippen LogP contribution in [0.1, 0.15) is 25.2 Å². The maximum Gasteiger partial charge on any atom is 0.178 e. The summed E-state index contributed by atoms with van der Waals surface area (Å²) >= 11 is 0. The summed E-state index contributed by atoms with van der Waals surface area (Å²) in [6, 6.07) is 9.52. The molecule has 0 unspecified atom stereocenters. The van der Waals surface area contributed by atoms with Gasteiger partial charge in [0.2, 0.25) is 0 Å². The molecule has 4 aromatic rings. The molecule has 0 spiro atoms. The zero-order valence-electron chi connectivity index (χ0n) is 22.0. The fraction of sp³-hybridized carbons (Fsp3) is 0.379. The van der Waals surface area contributed by atoms with E-state index < -0.39 is 11.6 Å². The third kappa shape index (κ3) is 4.45. The van der Waals surface area contributed by atoms with Crippen LogP contribution in [-0.2, 0) is 6.42 Å². The summed E-state index contributed by atoms with van der Waals surface area (Å²) in [6.07, 6.45) is 3.56. The van der Waals surface area contributed by atoms with Gasteiger partial charge in [-0.2, -0.15) is 0 Å². The van der Waals surface area contributed by atoms with Gasteiger partial charge in [-0.15, -0.1) is 0 Å². The molecule has 0 aliphatic carbocycles. The third-order valence-electron chi connectivity index (χ3n) is 7.59. The van der Waals surface area contributed by atoms with Crippen LogP contribution in [0.25, 0.3) is 22.2 Å². The molecule has 38 heavy (non-hydrogen) atoms. The SMILES string of the molecule is CC(C)N1CCOc2c(F)cc(-c3nc(Cc4ccc(N5CCN(C)CC5)c5[nH]ccc45)ncc3F)cc21. The second-order valence-corrected chi connectivity index (χ2v) is 10.4. The van der Waals surface area contributed by atoms with E-state index in [1.54, 1.807) is 6.07 Å². The predicted octanol–water partition coefficient (Wildman–Crippen LogP) is 4.85. The first-order valence-electron chi connectivity index (χ1n) is 13.2. The van der Waals surface area contributed by atoms with Crippen LogP contribution >= 0.6 is 0 Å². The van der Waals surface area contributed by atoms with Crippen molar-refractivity contribution in [2.45, 2.75) is 26.3 Å². The Labute approximate surface area is 221 Å².